The Morgan fingerprint density at radius 1 is 1.05 bits per heavy atom. The molecule has 19 heavy (non-hydrogen) atoms. The molecule has 1 heterocycles. The molecule has 1 fully saturated rings. The normalized spacial score (nSPS) is 15.9. The summed E-state index contributed by atoms with van der Waals surface area (Å²) >= 11 is 5.48. The number of thiocarbonyl (C=S) groups is 1. The monoisotopic (exact) mass is 276 g/mol. The van der Waals surface area contributed by atoms with E-state index in [1.807, 2.05) is 0 Å². The Labute approximate surface area is 122 Å². The number of hydrogen-bond acceptors (Lipinski definition) is 1. The number of nitrogens with zero attached hydrogens (tertiary/aromatic N) is 1. The fourth-order valence-electron chi connectivity index (χ4n) is 2.52. The van der Waals surface area contributed by atoms with Gasteiger partial charge in [0.25, 0.3) is 0 Å². The van der Waals surface area contributed by atoms with Gasteiger partial charge in [0.05, 0.1) is 0 Å². The van der Waals surface area contributed by atoms with Crippen molar-refractivity contribution >= 4 is 17.3 Å². The lowest BCUT2D eigenvalue weighted by Gasteiger charge is -2.23. The van der Waals surface area contributed by atoms with Gasteiger partial charge in [-0.2, -0.15) is 0 Å². The molecule has 1 N–H and O–H groups in total. The highest BCUT2D eigenvalue weighted by Crippen LogP contribution is 2.09. The molecule has 0 amide bonds. The predicted molar refractivity (Wildman–Crippen MR) is 85.4 cm³/mol. The minimum absolute atomic E-state index is 0.954. The van der Waals surface area contributed by atoms with Gasteiger partial charge < -0.3 is 10.2 Å². The SMILES string of the molecule is S=C(NCCCc1ccccc1)N1CCCCCC1. The van der Waals surface area contributed by atoms with E-state index in [1.54, 1.807) is 0 Å². The van der Waals surface area contributed by atoms with Gasteiger partial charge in [-0.15, -0.1) is 0 Å². The lowest BCUT2D eigenvalue weighted by molar-refractivity contribution is 0.427. The van der Waals surface area contributed by atoms with Gasteiger partial charge in [0, 0.05) is 19.6 Å². The third kappa shape index (κ3) is 5.19. The number of likely N-dealkylation sites (tertiary alicyclic amines) is 1. The van der Waals surface area contributed by atoms with Gasteiger partial charge in [0.15, 0.2) is 5.11 Å². The summed E-state index contributed by atoms with van der Waals surface area (Å²) in [5.74, 6) is 0. The molecule has 0 atom stereocenters. The summed E-state index contributed by atoms with van der Waals surface area (Å²) in [6, 6.07) is 10.6. The van der Waals surface area contributed by atoms with Crippen LogP contribution < -0.4 is 5.32 Å². The van der Waals surface area contributed by atoms with E-state index in [-0.39, 0.29) is 0 Å². The van der Waals surface area contributed by atoms with Crippen molar-refractivity contribution in [3.05, 3.63) is 35.9 Å². The first-order valence-electron chi connectivity index (χ1n) is 7.43. The first-order valence-corrected chi connectivity index (χ1v) is 7.84. The first-order chi connectivity index (χ1) is 9.36. The van der Waals surface area contributed by atoms with E-state index in [4.69, 9.17) is 12.2 Å². The largest absolute Gasteiger partial charge is 0.363 e. The number of nitrogens with one attached hydrogen (secondary N) is 1. The van der Waals surface area contributed by atoms with Crippen LogP contribution in [0.4, 0.5) is 0 Å². The van der Waals surface area contributed by atoms with Crippen molar-refractivity contribution in [1.29, 1.82) is 0 Å². The fourth-order valence-corrected chi connectivity index (χ4v) is 2.80. The average molecular weight is 276 g/mol. The van der Waals surface area contributed by atoms with Crippen molar-refractivity contribution in [3.63, 3.8) is 0 Å². The predicted octanol–water partition coefficient (Wildman–Crippen LogP) is 3.37. The standard InChI is InChI=1S/C16H24N2S/c19-16(18-13-6-1-2-7-14-18)17-12-8-11-15-9-4-3-5-10-15/h3-5,9-10H,1-2,6-8,11-14H2,(H,17,19). The minimum Gasteiger partial charge on any atom is -0.363 e. The third-order valence-corrected chi connectivity index (χ3v) is 4.06. The van der Waals surface area contributed by atoms with Crippen LogP contribution in [0, 0.1) is 0 Å². The maximum absolute atomic E-state index is 5.48. The van der Waals surface area contributed by atoms with Crippen molar-refractivity contribution in [2.45, 2.75) is 38.5 Å². The molecule has 3 heteroatoms. The third-order valence-electron chi connectivity index (χ3n) is 3.65. The maximum Gasteiger partial charge on any atom is 0.168 e. The van der Waals surface area contributed by atoms with Gasteiger partial charge in [-0.25, -0.2) is 0 Å². The van der Waals surface area contributed by atoms with Crippen LogP contribution in [0.1, 0.15) is 37.7 Å². The van der Waals surface area contributed by atoms with Crippen LogP contribution in [0.5, 0.6) is 0 Å². The summed E-state index contributed by atoms with van der Waals surface area (Å²) in [6.07, 6.45) is 7.53. The molecule has 0 aliphatic carbocycles. The smallest absolute Gasteiger partial charge is 0.168 e. The van der Waals surface area contributed by atoms with E-state index in [9.17, 15) is 0 Å². The number of benzene rings is 1. The first kappa shape index (κ1) is 14.3. The van der Waals surface area contributed by atoms with Crippen molar-refractivity contribution in [2.75, 3.05) is 19.6 Å². The van der Waals surface area contributed by atoms with E-state index >= 15 is 0 Å². The molecule has 2 nitrogen and oxygen atoms in total. The van der Waals surface area contributed by atoms with E-state index in [0.29, 0.717) is 0 Å². The van der Waals surface area contributed by atoms with E-state index in [0.717, 1.165) is 37.6 Å². The fraction of sp³-hybridized carbons (Fsp3) is 0.562. The summed E-state index contributed by atoms with van der Waals surface area (Å²) < 4.78 is 0. The van der Waals surface area contributed by atoms with E-state index in [2.05, 4.69) is 40.5 Å². The Bertz CT molecular complexity index is 370. The van der Waals surface area contributed by atoms with Gasteiger partial charge in [-0.3, -0.25) is 0 Å². The molecule has 104 valence electrons. The molecule has 0 unspecified atom stereocenters. The number of rotatable bonds is 4. The Balaban J connectivity index is 1.63. The van der Waals surface area contributed by atoms with E-state index in [1.165, 1.54) is 31.2 Å². The van der Waals surface area contributed by atoms with Gasteiger partial charge in [0.2, 0.25) is 0 Å². The highest BCUT2D eigenvalue weighted by atomic mass is 32.1. The molecule has 1 aromatic rings. The lowest BCUT2D eigenvalue weighted by Crippen LogP contribution is -2.40. The molecular weight excluding hydrogens is 252 g/mol. The topological polar surface area (TPSA) is 15.3 Å². The van der Waals surface area contributed by atoms with Crippen LogP contribution in [-0.4, -0.2) is 29.6 Å². The molecule has 0 saturated carbocycles. The van der Waals surface area contributed by atoms with Crippen molar-refractivity contribution in [2.24, 2.45) is 0 Å². The summed E-state index contributed by atoms with van der Waals surface area (Å²) in [7, 11) is 0. The number of aryl methyl sites for hydroxylation is 1. The highest BCUT2D eigenvalue weighted by molar-refractivity contribution is 7.80. The summed E-state index contributed by atoms with van der Waals surface area (Å²) in [6.45, 7) is 3.24. The zero-order valence-corrected chi connectivity index (χ0v) is 12.4. The van der Waals surface area contributed by atoms with Crippen LogP contribution in [0.3, 0.4) is 0 Å². The maximum atomic E-state index is 5.48. The van der Waals surface area contributed by atoms with Crippen molar-refractivity contribution in [3.8, 4) is 0 Å². The van der Waals surface area contributed by atoms with Gasteiger partial charge in [-0.05, 0) is 43.5 Å². The second kappa shape index (κ2) is 8.16. The van der Waals surface area contributed by atoms with Crippen molar-refractivity contribution in [1.82, 2.24) is 10.2 Å². The average Bonchev–Trinajstić information content (AvgIpc) is 2.73. The Kier molecular flexibility index (Phi) is 6.15. The molecule has 0 aromatic heterocycles. The quantitative estimate of drug-likeness (QED) is 0.670. The molecule has 1 aromatic carbocycles. The molecule has 0 bridgehead atoms. The molecule has 0 spiro atoms. The minimum atomic E-state index is 0.954. The second-order valence-electron chi connectivity index (χ2n) is 5.22. The molecular formula is C16H24N2S. The molecule has 2 rings (SSSR count). The molecule has 1 aliphatic heterocycles. The summed E-state index contributed by atoms with van der Waals surface area (Å²) in [4.78, 5) is 2.34. The van der Waals surface area contributed by atoms with E-state index < -0.39 is 0 Å². The highest BCUT2D eigenvalue weighted by Gasteiger charge is 2.11. The van der Waals surface area contributed by atoms with Crippen LogP contribution in [-0.2, 0) is 6.42 Å². The van der Waals surface area contributed by atoms with Gasteiger partial charge in [0.1, 0.15) is 0 Å². The zero-order chi connectivity index (χ0) is 13.3. The lowest BCUT2D eigenvalue weighted by atomic mass is 10.1. The van der Waals surface area contributed by atoms with Gasteiger partial charge in [-0.1, -0.05) is 43.2 Å². The second-order valence-corrected chi connectivity index (χ2v) is 5.61. The van der Waals surface area contributed by atoms with Crippen LogP contribution in [0.25, 0.3) is 0 Å². The van der Waals surface area contributed by atoms with Crippen molar-refractivity contribution < 1.29 is 0 Å². The van der Waals surface area contributed by atoms with Crippen LogP contribution >= 0.6 is 12.2 Å². The molecule has 1 saturated heterocycles. The summed E-state index contributed by atoms with van der Waals surface area (Å²) in [5.41, 5.74) is 1.41. The Morgan fingerprint density at radius 3 is 2.42 bits per heavy atom. The molecule has 0 radical (unpaired) electrons. The van der Waals surface area contributed by atoms with Gasteiger partial charge >= 0.3 is 0 Å². The Morgan fingerprint density at radius 2 is 1.74 bits per heavy atom. The zero-order valence-electron chi connectivity index (χ0n) is 11.6. The molecule has 1 aliphatic rings. The Hall–Kier alpha value is -1.09. The number of hydrogen-bond donors (Lipinski definition) is 1. The van der Waals surface area contributed by atoms with Crippen LogP contribution in [0.15, 0.2) is 30.3 Å². The summed E-state index contributed by atoms with van der Waals surface area (Å²) in [5, 5.41) is 4.36. The van der Waals surface area contributed by atoms with Crippen LogP contribution in [0.2, 0.25) is 0 Å².